The van der Waals surface area contributed by atoms with Crippen LogP contribution in [0.3, 0.4) is 0 Å². The molecule has 0 fully saturated rings. The van der Waals surface area contributed by atoms with Crippen LogP contribution < -0.4 is 0 Å². The van der Waals surface area contributed by atoms with Crippen LogP contribution in [-0.2, 0) is 0 Å². The standard InChI is InChI=1S/C8H13NS/c1-5(2)8-6(3)7(4)9-10-8/h5H,1-4H3. The van der Waals surface area contributed by atoms with Crippen molar-refractivity contribution in [1.29, 1.82) is 0 Å². The van der Waals surface area contributed by atoms with E-state index >= 15 is 0 Å². The first-order chi connectivity index (χ1) is 4.63. The van der Waals surface area contributed by atoms with Crippen LogP contribution in [0.25, 0.3) is 0 Å². The minimum absolute atomic E-state index is 0.631. The van der Waals surface area contributed by atoms with Crippen molar-refractivity contribution >= 4 is 11.5 Å². The quantitative estimate of drug-likeness (QED) is 0.607. The minimum atomic E-state index is 0.631. The third-order valence-electron chi connectivity index (χ3n) is 1.72. The summed E-state index contributed by atoms with van der Waals surface area (Å²) in [5, 5.41) is 0. The molecule has 1 nitrogen and oxygen atoms in total. The van der Waals surface area contributed by atoms with Crippen molar-refractivity contribution in [3.05, 3.63) is 16.1 Å². The Morgan fingerprint density at radius 3 is 2.10 bits per heavy atom. The van der Waals surface area contributed by atoms with E-state index in [0.717, 1.165) is 0 Å². The Labute approximate surface area is 66.3 Å². The molecule has 0 aromatic carbocycles. The van der Waals surface area contributed by atoms with Crippen LogP contribution in [0, 0.1) is 13.8 Å². The molecule has 0 saturated heterocycles. The molecule has 1 aromatic rings. The van der Waals surface area contributed by atoms with E-state index < -0.39 is 0 Å². The van der Waals surface area contributed by atoms with Gasteiger partial charge in [0, 0.05) is 4.88 Å². The fourth-order valence-electron chi connectivity index (χ4n) is 0.971. The Hall–Kier alpha value is -0.370. The highest BCUT2D eigenvalue weighted by atomic mass is 32.1. The molecule has 1 aromatic heterocycles. The predicted molar refractivity (Wildman–Crippen MR) is 45.7 cm³/mol. The van der Waals surface area contributed by atoms with Gasteiger partial charge in [-0.3, -0.25) is 0 Å². The van der Waals surface area contributed by atoms with Crippen LogP contribution in [0.1, 0.15) is 35.9 Å². The summed E-state index contributed by atoms with van der Waals surface area (Å²) < 4.78 is 4.28. The minimum Gasteiger partial charge on any atom is -0.197 e. The number of rotatable bonds is 1. The van der Waals surface area contributed by atoms with E-state index in [-0.39, 0.29) is 0 Å². The van der Waals surface area contributed by atoms with E-state index in [2.05, 4.69) is 32.1 Å². The molecular weight excluding hydrogens is 142 g/mol. The fourth-order valence-corrected chi connectivity index (χ4v) is 1.84. The van der Waals surface area contributed by atoms with Gasteiger partial charge in [0.2, 0.25) is 0 Å². The summed E-state index contributed by atoms with van der Waals surface area (Å²) in [7, 11) is 0. The Morgan fingerprint density at radius 1 is 1.30 bits per heavy atom. The summed E-state index contributed by atoms with van der Waals surface area (Å²) in [4.78, 5) is 1.43. The number of aromatic nitrogens is 1. The molecule has 2 heteroatoms. The van der Waals surface area contributed by atoms with E-state index in [9.17, 15) is 0 Å². The summed E-state index contributed by atoms with van der Waals surface area (Å²) >= 11 is 1.63. The first-order valence-corrected chi connectivity index (χ1v) is 4.33. The van der Waals surface area contributed by atoms with Gasteiger partial charge < -0.3 is 0 Å². The van der Waals surface area contributed by atoms with Crippen LogP contribution >= 0.6 is 11.5 Å². The van der Waals surface area contributed by atoms with Crippen molar-refractivity contribution in [2.75, 3.05) is 0 Å². The lowest BCUT2D eigenvalue weighted by atomic mass is 10.1. The normalized spacial score (nSPS) is 10.9. The molecule has 0 radical (unpaired) electrons. The van der Waals surface area contributed by atoms with E-state index in [0.29, 0.717) is 5.92 Å². The lowest BCUT2D eigenvalue weighted by Crippen LogP contribution is -1.85. The largest absolute Gasteiger partial charge is 0.197 e. The van der Waals surface area contributed by atoms with Crippen LogP contribution in [0.2, 0.25) is 0 Å². The van der Waals surface area contributed by atoms with Crippen LogP contribution in [-0.4, -0.2) is 4.37 Å². The van der Waals surface area contributed by atoms with Gasteiger partial charge in [-0.1, -0.05) is 13.8 Å². The summed E-state index contributed by atoms with van der Waals surface area (Å²) in [6, 6.07) is 0. The smallest absolute Gasteiger partial charge is 0.0543 e. The van der Waals surface area contributed by atoms with E-state index in [1.807, 2.05) is 0 Å². The summed E-state index contributed by atoms with van der Waals surface area (Å²) in [6.07, 6.45) is 0. The lowest BCUT2D eigenvalue weighted by molar-refractivity contribution is 0.879. The highest BCUT2D eigenvalue weighted by molar-refractivity contribution is 7.06. The maximum atomic E-state index is 4.28. The van der Waals surface area contributed by atoms with Gasteiger partial charge in [0.05, 0.1) is 5.69 Å². The Morgan fingerprint density at radius 2 is 1.90 bits per heavy atom. The zero-order valence-corrected chi connectivity index (χ0v) is 7.75. The van der Waals surface area contributed by atoms with Crippen molar-refractivity contribution in [3.63, 3.8) is 0 Å². The van der Waals surface area contributed by atoms with Gasteiger partial charge in [0.15, 0.2) is 0 Å². The molecular formula is C8H13NS. The summed E-state index contributed by atoms with van der Waals surface area (Å²) in [5.74, 6) is 0.631. The third-order valence-corrected chi connectivity index (χ3v) is 3.06. The monoisotopic (exact) mass is 155 g/mol. The maximum Gasteiger partial charge on any atom is 0.0543 e. The van der Waals surface area contributed by atoms with Crippen molar-refractivity contribution in [1.82, 2.24) is 4.37 Å². The molecule has 0 aliphatic rings. The molecule has 0 N–H and O–H groups in total. The number of hydrogen-bond donors (Lipinski definition) is 0. The van der Waals surface area contributed by atoms with Crippen LogP contribution in [0.5, 0.6) is 0 Å². The van der Waals surface area contributed by atoms with Crippen molar-refractivity contribution < 1.29 is 0 Å². The number of aryl methyl sites for hydroxylation is 1. The molecule has 56 valence electrons. The highest BCUT2D eigenvalue weighted by Crippen LogP contribution is 2.24. The molecule has 0 aliphatic heterocycles. The van der Waals surface area contributed by atoms with Gasteiger partial charge in [-0.25, -0.2) is 0 Å². The molecule has 0 saturated carbocycles. The summed E-state index contributed by atoms with van der Waals surface area (Å²) in [5.41, 5.74) is 2.56. The SMILES string of the molecule is Cc1nsc(C(C)C)c1C. The maximum absolute atomic E-state index is 4.28. The fraction of sp³-hybridized carbons (Fsp3) is 0.625. The van der Waals surface area contributed by atoms with E-state index in [1.165, 1.54) is 16.1 Å². The predicted octanol–water partition coefficient (Wildman–Crippen LogP) is 2.88. The zero-order chi connectivity index (χ0) is 7.72. The number of hydrogen-bond acceptors (Lipinski definition) is 2. The van der Waals surface area contributed by atoms with Crippen molar-refractivity contribution in [2.45, 2.75) is 33.6 Å². The van der Waals surface area contributed by atoms with Crippen LogP contribution in [0.4, 0.5) is 0 Å². The average Bonchev–Trinajstić information content (AvgIpc) is 2.14. The molecule has 0 atom stereocenters. The second-order valence-corrected chi connectivity index (χ2v) is 3.72. The Bertz CT molecular complexity index is 225. The molecule has 0 spiro atoms. The van der Waals surface area contributed by atoms with Gasteiger partial charge in [0.1, 0.15) is 0 Å². The third kappa shape index (κ3) is 1.21. The van der Waals surface area contributed by atoms with Gasteiger partial charge >= 0.3 is 0 Å². The first kappa shape index (κ1) is 7.73. The van der Waals surface area contributed by atoms with Gasteiger partial charge in [-0.2, -0.15) is 4.37 Å². The average molecular weight is 155 g/mol. The summed E-state index contributed by atoms with van der Waals surface area (Å²) in [6.45, 7) is 8.63. The highest BCUT2D eigenvalue weighted by Gasteiger charge is 2.08. The van der Waals surface area contributed by atoms with E-state index in [1.54, 1.807) is 11.5 Å². The molecule has 0 aliphatic carbocycles. The molecule has 0 unspecified atom stereocenters. The first-order valence-electron chi connectivity index (χ1n) is 3.55. The molecule has 10 heavy (non-hydrogen) atoms. The van der Waals surface area contributed by atoms with E-state index in [4.69, 9.17) is 0 Å². The molecule has 0 amide bonds. The van der Waals surface area contributed by atoms with Gasteiger partial charge in [0.25, 0.3) is 0 Å². The van der Waals surface area contributed by atoms with Crippen LogP contribution in [0.15, 0.2) is 0 Å². The second-order valence-electron chi connectivity index (χ2n) is 2.91. The number of nitrogens with zero attached hydrogens (tertiary/aromatic N) is 1. The molecule has 1 heterocycles. The van der Waals surface area contributed by atoms with Crippen molar-refractivity contribution in [2.24, 2.45) is 0 Å². The van der Waals surface area contributed by atoms with Crippen molar-refractivity contribution in [3.8, 4) is 0 Å². The molecule has 1 rings (SSSR count). The molecule has 0 bridgehead atoms. The second kappa shape index (κ2) is 2.70. The Balaban J connectivity index is 3.05. The lowest BCUT2D eigenvalue weighted by Gasteiger charge is -2.00. The Kier molecular flexibility index (Phi) is 2.09. The van der Waals surface area contributed by atoms with Gasteiger partial charge in [-0.05, 0) is 36.9 Å². The topological polar surface area (TPSA) is 12.9 Å². The van der Waals surface area contributed by atoms with Gasteiger partial charge in [-0.15, -0.1) is 0 Å². The zero-order valence-electron chi connectivity index (χ0n) is 6.93.